The molecule has 0 N–H and O–H groups in total. The molecule has 0 spiro atoms. The van der Waals surface area contributed by atoms with Crippen LogP contribution in [-0.2, 0) is 14.3 Å². The SMILES string of the molecule is CCOC(=O)[C@H]1CCCCN1C(=O)CN1CCC[C@@H]1c1nnc2ccccn12. The lowest BCUT2D eigenvalue weighted by atomic mass is 10.0. The molecule has 0 aliphatic carbocycles. The molecule has 4 rings (SSSR count). The Morgan fingerprint density at radius 1 is 1.14 bits per heavy atom. The summed E-state index contributed by atoms with van der Waals surface area (Å²) in [6.07, 6.45) is 6.49. The fourth-order valence-corrected chi connectivity index (χ4v) is 4.37. The van der Waals surface area contributed by atoms with E-state index in [1.165, 1.54) is 0 Å². The molecule has 150 valence electrons. The lowest BCUT2D eigenvalue weighted by Crippen LogP contribution is -2.51. The number of aromatic nitrogens is 3. The van der Waals surface area contributed by atoms with Gasteiger partial charge >= 0.3 is 5.97 Å². The first-order valence-corrected chi connectivity index (χ1v) is 10.2. The number of likely N-dealkylation sites (tertiary alicyclic amines) is 2. The van der Waals surface area contributed by atoms with Crippen molar-refractivity contribution in [3.63, 3.8) is 0 Å². The Labute approximate surface area is 164 Å². The largest absolute Gasteiger partial charge is 0.464 e. The van der Waals surface area contributed by atoms with Gasteiger partial charge < -0.3 is 9.64 Å². The van der Waals surface area contributed by atoms with Crippen LogP contribution in [-0.4, -0.2) is 68.6 Å². The number of esters is 1. The van der Waals surface area contributed by atoms with Crippen LogP contribution in [0.4, 0.5) is 0 Å². The Morgan fingerprint density at radius 2 is 2.04 bits per heavy atom. The molecular formula is C20H27N5O3. The van der Waals surface area contributed by atoms with Gasteiger partial charge in [-0.25, -0.2) is 4.79 Å². The number of nitrogens with zero attached hydrogens (tertiary/aromatic N) is 5. The summed E-state index contributed by atoms with van der Waals surface area (Å²) in [5.74, 6) is 0.594. The predicted octanol–water partition coefficient (Wildman–Crippen LogP) is 1.81. The van der Waals surface area contributed by atoms with Crippen molar-refractivity contribution in [3.05, 3.63) is 30.2 Å². The molecule has 2 aromatic rings. The van der Waals surface area contributed by atoms with Crippen LogP contribution in [0.5, 0.6) is 0 Å². The third-order valence-corrected chi connectivity index (χ3v) is 5.72. The van der Waals surface area contributed by atoms with Gasteiger partial charge in [-0.05, 0) is 57.7 Å². The summed E-state index contributed by atoms with van der Waals surface area (Å²) >= 11 is 0. The number of amides is 1. The second-order valence-electron chi connectivity index (χ2n) is 7.47. The first-order chi connectivity index (χ1) is 13.7. The number of piperidine rings is 1. The van der Waals surface area contributed by atoms with Crippen LogP contribution in [0.15, 0.2) is 24.4 Å². The molecule has 2 aliphatic heterocycles. The minimum atomic E-state index is -0.448. The van der Waals surface area contributed by atoms with Gasteiger partial charge in [0.05, 0.1) is 19.2 Å². The molecular weight excluding hydrogens is 358 g/mol. The highest BCUT2D eigenvalue weighted by molar-refractivity contribution is 5.85. The van der Waals surface area contributed by atoms with E-state index in [4.69, 9.17) is 4.74 Å². The minimum Gasteiger partial charge on any atom is -0.464 e. The molecule has 0 aromatic carbocycles. The maximum Gasteiger partial charge on any atom is 0.328 e. The maximum atomic E-state index is 13.1. The molecule has 28 heavy (non-hydrogen) atoms. The topological polar surface area (TPSA) is 80.0 Å². The third kappa shape index (κ3) is 3.61. The first kappa shape index (κ1) is 18.9. The van der Waals surface area contributed by atoms with Gasteiger partial charge in [0.25, 0.3) is 0 Å². The molecule has 2 saturated heterocycles. The highest BCUT2D eigenvalue weighted by Gasteiger charge is 2.36. The second kappa shape index (κ2) is 8.26. The number of fused-ring (bicyclic) bond motifs is 1. The zero-order valence-electron chi connectivity index (χ0n) is 16.3. The van der Waals surface area contributed by atoms with Crippen molar-refractivity contribution < 1.29 is 14.3 Å². The quantitative estimate of drug-likeness (QED) is 0.731. The number of hydrogen-bond donors (Lipinski definition) is 0. The van der Waals surface area contributed by atoms with E-state index >= 15 is 0 Å². The normalized spacial score (nSPS) is 23.2. The van der Waals surface area contributed by atoms with Crippen LogP contribution < -0.4 is 0 Å². The van der Waals surface area contributed by atoms with Gasteiger partial charge in [-0.2, -0.15) is 0 Å². The molecule has 0 bridgehead atoms. The molecule has 0 unspecified atom stereocenters. The fraction of sp³-hybridized carbons (Fsp3) is 0.600. The molecule has 4 heterocycles. The van der Waals surface area contributed by atoms with Gasteiger partial charge in [-0.15, -0.1) is 10.2 Å². The maximum absolute atomic E-state index is 13.1. The molecule has 8 heteroatoms. The van der Waals surface area contributed by atoms with Gasteiger partial charge in [0.1, 0.15) is 6.04 Å². The van der Waals surface area contributed by atoms with Crippen LogP contribution in [0, 0.1) is 0 Å². The van der Waals surface area contributed by atoms with Gasteiger partial charge in [-0.3, -0.25) is 14.1 Å². The van der Waals surface area contributed by atoms with Crippen LogP contribution >= 0.6 is 0 Å². The van der Waals surface area contributed by atoms with Gasteiger partial charge in [0.15, 0.2) is 11.5 Å². The van der Waals surface area contributed by atoms with E-state index in [-0.39, 0.29) is 17.9 Å². The fourth-order valence-electron chi connectivity index (χ4n) is 4.37. The van der Waals surface area contributed by atoms with Crippen molar-refractivity contribution >= 4 is 17.5 Å². The molecule has 2 aromatic heterocycles. The summed E-state index contributed by atoms with van der Waals surface area (Å²) in [6.45, 7) is 3.89. The number of pyridine rings is 1. The minimum absolute atomic E-state index is 0.00141. The summed E-state index contributed by atoms with van der Waals surface area (Å²) in [5, 5.41) is 8.64. The number of ether oxygens (including phenoxy) is 1. The van der Waals surface area contributed by atoms with Gasteiger partial charge in [0.2, 0.25) is 5.91 Å². The van der Waals surface area contributed by atoms with E-state index in [1.54, 1.807) is 11.8 Å². The standard InChI is InChI=1S/C20H27N5O3/c1-2-28-20(27)16-8-3-5-12-24(16)18(26)14-23-11-7-9-15(23)19-22-21-17-10-4-6-13-25(17)19/h4,6,10,13,15-16H,2-3,5,7-9,11-12,14H2,1H3/t15-,16-/m1/s1. The summed E-state index contributed by atoms with van der Waals surface area (Å²) < 4.78 is 7.19. The number of carbonyl (C=O) groups is 2. The monoisotopic (exact) mass is 385 g/mol. The Kier molecular flexibility index (Phi) is 5.57. The van der Waals surface area contributed by atoms with Crippen molar-refractivity contribution in [1.29, 1.82) is 0 Å². The average Bonchev–Trinajstić information content (AvgIpc) is 3.34. The van der Waals surface area contributed by atoms with Gasteiger partial charge in [-0.1, -0.05) is 6.07 Å². The van der Waals surface area contributed by atoms with Crippen molar-refractivity contribution in [2.45, 2.75) is 51.1 Å². The summed E-state index contributed by atoms with van der Waals surface area (Å²) in [4.78, 5) is 29.3. The molecule has 2 atom stereocenters. The number of hydrogen-bond acceptors (Lipinski definition) is 6. The molecule has 2 aliphatic rings. The molecule has 0 saturated carbocycles. The summed E-state index contributed by atoms with van der Waals surface area (Å²) in [5.41, 5.74) is 0.814. The van der Waals surface area contributed by atoms with E-state index in [0.29, 0.717) is 26.1 Å². The van der Waals surface area contributed by atoms with E-state index in [9.17, 15) is 9.59 Å². The van der Waals surface area contributed by atoms with E-state index in [2.05, 4.69) is 15.1 Å². The van der Waals surface area contributed by atoms with Crippen molar-refractivity contribution in [2.75, 3.05) is 26.2 Å². The van der Waals surface area contributed by atoms with Gasteiger partial charge in [0, 0.05) is 12.7 Å². The van der Waals surface area contributed by atoms with Crippen LogP contribution in [0.25, 0.3) is 5.65 Å². The average molecular weight is 385 g/mol. The van der Waals surface area contributed by atoms with Crippen molar-refractivity contribution in [2.24, 2.45) is 0 Å². The Balaban J connectivity index is 1.49. The smallest absolute Gasteiger partial charge is 0.328 e. The number of rotatable bonds is 5. The lowest BCUT2D eigenvalue weighted by molar-refractivity contribution is -0.157. The molecule has 2 fully saturated rings. The molecule has 0 radical (unpaired) electrons. The Morgan fingerprint density at radius 3 is 2.89 bits per heavy atom. The number of carbonyl (C=O) groups excluding carboxylic acids is 2. The summed E-state index contributed by atoms with van der Waals surface area (Å²) in [7, 11) is 0. The predicted molar refractivity (Wildman–Crippen MR) is 103 cm³/mol. The van der Waals surface area contributed by atoms with Crippen molar-refractivity contribution in [1.82, 2.24) is 24.4 Å². The summed E-state index contributed by atoms with van der Waals surface area (Å²) in [6, 6.07) is 5.44. The lowest BCUT2D eigenvalue weighted by Gasteiger charge is -2.35. The molecule has 8 nitrogen and oxygen atoms in total. The molecule has 1 amide bonds. The zero-order valence-corrected chi connectivity index (χ0v) is 16.3. The van der Waals surface area contributed by atoms with Crippen LogP contribution in [0.1, 0.15) is 50.9 Å². The van der Waals surface area contributed by atoms with E-state index < -0.39 is 6.04 Å². The third-order valence-electron chi connectivity index (χ3n) is 5.72. The highest BCUT2D eigenvalue weighted by Crippen LogP contribution is 2.31. The van der Waals surface area contributed by atoms with E-state index in [1.807, 2.05) is 28.8 Å². The first-order valence-electron chi connectivity index (χ1n) is 10.2. The highest BCUT2D eigenvalue weighted by atomic mass is 16.5. The Bertz CT molecular complexity index is 851. The van der Waals surface area contributed by atoms with E-state index in [0.717, 1.165) is 43.7 Å². The van der Waals surface area contributed by atoms with Crippen molar-refractivity contribution in [3.8, 4) is 0 Å². The zero-order chi connectivity index (χ0) is 19.5. The second-order valence-corrected chi connectivity index (χ2v) is 7.47. The van der Waals surface area contributed by atoms with Crippen LogP contribution in [0.3, 0.4) is 0 Å². The van der Waals surface area contributed by atoms with Crippen LogP contribution in [0.2, 0.25) is 0 Å². The Hall–Kier alpha value is -2.48.